The third-order valence-electron chi connectivity index (χ3n) is 5.16. The van der Waals surface area contributed by atoms with Crippen molar-refractivity contribution in [2.75, 3.05) is 13.2 Å². The molecular weight excluding hydrogens is 348 g/mol. The third kappa shape index (κ3) is 3.30. The van der Waals surface area contributed by atoms with Crippen LogP contribution in [0.15, 0.2) is 17.5 Å². The third-order valence-corrected chi connectivity index (χ3v) is 6.16. The van der Waals surface area contributed by atoms with Gasteiger partial charge < -0.3 is 14.2 Å². The first-order valence-electron chi connectivity index (χ1n) is 9.17. The summed E-state index contributed by atoms with van der Waals surface area (Å²) in [5, 5.41) is 2.12. The van der Waals surface area contributed by atoms with Crippen LogP contribution < -0.4 is 0 Å². The molecule has 0 aliphatic carbocycles. The van der Waals surface area contributed by atoms with Crippen LogP contribution in [0.3, 0.4) is 0 Å². The summed E-state index contributed by atoms with van der Waals surface area (Å²) in [4.78, 5) is 28.6. The molecule has 140 valence electrons. The molecule has 1 aliphatic heterocycles. The molecule has 5 nitrogen and oxygen atoms in total. The molecule has 0 spiro atoms. The van der Waals surface area contributed by atoms with Gasteiger partial charge in [-0.15, -0.1) is 11.3 Å². The SMILES string of the molecule is CCOC(=O)c1cc(C)n(CC(=O)N2CCc3sccc3C2CC)c1C. The van der Waals surface area contributed by atoms with Gasteiger partial charge in [-0.1, -0.05) is 6.92 Å². The summed E-state index contributed by atoms with van der Waals surface area (Å²) in [6.07, 6.45) is 1.83. The van der Waals surface area contributed by atoms with Gasteiger partial charge in [0.05, 0.1) is 18.2 Å². The van der Waals surface area contributed by atoms with E-state index in [1.807, 2.05) is 29.4 Å². The summed E-state index contributed by atoms with van der Waals surface area (Å²) in [5.74, 6) is -0.225. The molecule has 3 heterocycles. The van der Waals surface area contributed by atoms with E-state index in [4.69, 9.17) is 4.74 Å². The molecule has 0 bridgehead atoms. The van der Waals surface area contributed by atoms with Gasteiger partial charge in [0.25, 0.3) is 0 Å². The number of carbonyl (C=O) groups excluding carboxylic acids is 2. The summed E-state index contributed by atoms with van der Waals surface area (Å²) in [5.41, 5.74) is 3.53. The van der Waals surface area contributed by atoms with Crippen LogP contribution in [0.4, 0.5) is 0 Å². The van der Waals surface area contributed by atoms with Crippen LogP contribution in [0.5, 0.6) is 0 Å². The van der Waals surface area contributed by atoms with E-state index in [1.54, 1.807) is 18.3 Å². The zero-order valence-corrected chi connectivity index (χ0v) is 16.7. The fraction of sp³-hybridized carbons (Fsp3) is 0.500. The van der Waals surface area contributed by atoms with E-state index in [9.17, 15) is 9.59 Å². The van der Waals surface area contributed by atoms with Gasteiger partial charge in [-0.3, -0.25) is 4.79 Å². The average molecular weight is 375 g/mol. The standard InChI is InChI=1S/C20H26N2O3S/c1-5-17-15-8-10-26-18(15)7-9-21(17)19(23)12-22-13(3)11-16(14(22)4)20(24)25-6-2/h8,10-11,17H,5-7,9,12H2,1-4H3. The van der Waals surface area contributed by atoms with Gasteiger partial charge in [-0.2, -0.15) is 0 Å². The van der Waals surface area contributed by atoms with Crippen LogP contribution in [0.1, 0.15) is 58.5 Å². The molecule has 1 unspecified atom stereocenters. The quantitative estimate of drug-likeness (QED) is 0.747. The normalized spacial score (nSPS) is 16.5. The van der Waals surface area contributed by atoms with Gasteiger partial charge in [0, 0.05) is 22.8 Å². The van der Waals surface area contributed by atoms with Crippen molar-refractivity contribution in [3.63, 3.8) is 0 Å². The van der Waals surface area contributed by atoms with Crippen LogP contribution in [0.25, 0.3) is 0 Å². The van der Waals surface area contributed by atoms with E-state index in [0.29, 0.717) is 12.2 Å². The Labute approximate surface area is 158 Å². The highest BCUT2D eigenvalue weighted by Crippen LogP contribution is 2.35. The number of hydrogen-bond acceptors (Lipinski definition) is 4. The fourth-order valence-electron chi connectivity index (χ4n) is 3.82. The number of amides is 1. The minimum absolute atomic E-state index is 0.103. The predicted octanol–water partition coefficient (Wildman–Crippen LogP) is 3.88. The summed E-state index contributed by atoms with van der Waals surface area (Å²) < 4.78 is 7.04. The number of nitrogens with zero attached hydrogens (tertiary/aromatic N) is 2. The molecule has 0 fully saturated rings. The number of thiophene rings is 1. The number of aryl methyl sites for hydroxylation is 1. The van der Waals surface area contributed by atoms with Crippen molar-refractivity contribution in [1.82, 2.24) is 9.47 Å². The molecule has 2 aromatic heterocycles. The Kier molecular flexibility index (Phi) is 5.51. The maximum Gasteiger partial charge on any atom is 0.339 e. The Morgan fingerprint density at radius 1 is 1.31 bits per heavy atom. The lowest BCUT2D eigenvalue weighted by molar-refractivity contribution is -0.134. The first-order chi connectivity index (χ1) is 12.5. The molecular formula is C20H26N2O3S. The first kappa shape index (κ1) is 18.7. The lowest BCUT2D eigenvalue weighted by Crippen LogP contribution is -2.41. The second-order valence-electron chi connectivity index (χ2n) is 6.65. The molecule has 0 saturated heterocycles. The van der Waals surface area contributed by atoms with E-state index in [0.717, 1.165) is 30.8 Å². The van der Waals surface area contributed by atoms with Crippen molar-refractivity contribution in [2.24, 2.45) is 0 Å². The van der Waals surface area contributed by atoms with Gasteiger partial charge in [0.2, 0.25) is 5.91 Å². The lowest BCUT2D eigenvalue weighted by Gasteiger charge is -2.35. The molecule has 0 aromatic carbocycles. The highest BCUT2D eigenvalue weighted by molar-refractivity contribution is 7.10. The Balaban J connectivity index is 1.81. The Hall–Kier alpha value is -2.08. The molecule has 0 radical (unpaired) electrons. The second-order valence-corrected chi connectivity index (χ2v) is 7.65. The van der Waals surface area contributed by atoms with E-state index in [2.05, 4.69) is 18.4 Å². The molecule has 0 N–H and O–H groups in total. The number of esters is 1. The van der Waals surface area contributed by atoms with Crippen LogP contribution >= 0.6 is 11.3 Å². The molecule has 6 heteroatoms. The number of rotatable bonds is 5. The minimum Gasteiger partial charge on any atom is -0.462 e. The van der Waals surface area contributed by atoms with Gasteiger partial charge in [-0.05, 0) is 56.7 Å². The van der Waals surface area contributed by atoms with Crippen LogP contribution in [0, 0.1) is 13.8 Å². The number of carbonyl (C=O) groups is 2. The number of ether oxygens (including phenoxy) is 1. The molecule has 1 atom stereocenters. The minimum atomic E-state index is -0.327. The van der Waals surface area contributed by atoms with Crippen LogP contribution in [-0.4, -0.2) is 34.5 Å². The first-order valence-corrected chi connectivity index (χ1v) is 10.0. The van der Waals surface area contributed by atoms with Gasteiger partial charge >= 0.3 is 5.97 Å². The van der Waals surface area contributed by atoms with Crippen molar-refractivity contribution < 1.29 is 14.3 Å². The Morgan fingerprint density at radius 3 is 2.77 bits per heavy atom. The van der Waals surface area contributed by atoms with Crippen molar-refractivity contribution in [3.8, 4) is 0 Å². The van der Waals surface area contributed by atoms with E-state index < -0.39 is 0 Å². The molecule has 1 aliphatic rings. The van der Waals surface area contributed by atoms with Crippen molar-refractivity contribution in [3.05, 3.63) is 44.9 Å². The fourth-order valence-corrected chi connectivity index (χ4v) is 4.75. The number of aromatic nitrogens is 1. The monoisotopic (exact) mass is 374 g/mol. The lowest BCUT2D eigenvalue weighted by atomic mass is 9.98. The smallest absolute Gasteiger partial charge is 0.339 e. The molecule has 26 heavy (non-hydrogen) atoms. The van der Waals surface area contributed by atoms with E-state index in [-0.39, 0.29) is 24.5 Å². The number of hydrogen-bond donors (Lipinski definition) is 0. The zero-order chi connectivity index (χ0) is 18.8. The van der Waals surface area contributed by atoms with E-state index >= 15 is 0 Å². The van der Waals surface area contributed by atoms with Gasteiger partial charge in [0.15, 0.2) is 0 Å². The average Bonchev–Trinajstić information content (AvgIpc) is 3.20. The summed E-state index contributed by atoms with van der Waals surface area (Å²) >= 11 is 1.78. The Bertz CT molecular complexity index is 821. The predicted molar refractivity (Wildman–Crippen MR) is 103 cm³/mol. The second kappa shape index (κ2) is 7.66. The zero-order valence-electron chi connectivity index (χ0n) is 15.9. The summed E-state index contributed by atoms with van der Waals surface area (Å²) in [6, 6.07) is 4.11. The van der Waals surface area contributed by atoms with Crippen molar-refractivity contribution >= 4 is 23.2 Å². The Morgan fingerprint density at radius 2 is 2.08 bits per heavy atom. The molecule has 2 aromatic rings. The summed E-state index contributed by atoms with van der Waals surface area (Å²) in [7, 11) is 0. The highest BCUT2D eigenvalue weighted by Gasteiger charge is 2.31. The summed E-state index contributed by atoms with van der Waals surface area (Å²) in [6.45, 7) is 9.08. The molecule has 3 rings (SSSR count). The maximum atomic E-state index is 13.1. The van der Waals surface area contributed by atoms with Gasteiger partial charge in [-0.25, -0.2) is 4.79 Å². The largest absolute Gasteiger partial charge is 0.462 e. The van der Waals surface area contributed by atoms with Crippen molar-refractivity contribution in [2.45, 2.75) is 53.1 Å². The van der Waals surface area contributed by atoms with Gasteiger partial charge in [0.1, 0.15) is 6.54 Å². The van der Waals surface area contributed by atoms with Crippen LogP contribution in [-0.2, 0) is 22.5 Å². The topological polar surface area (TPSA) is 51.5 Å². The molecule has 0 saturated carbocycles. The number of fused-ring (bicyclic) bond motifs is 1. The molecule has 1 amide bonds. The highest BCUT2D eigenvalue weighted by atomic mass is 32.1. The van der Waals surface area contributed by atoms with Crippen molar-refractivity contribution in [1.29, 1.82) is 0 Å². The van der Waals surface area contributed by atoms with Crippen LogP contribution in [0.2, 0.25) is 0 Å². The maximum absolute atomic E-state index is 13.1. The van der Waals surface area contributed by atoms with E-state index in [1.165, 1.54) is 10.4 Å².